The second-order valence-electron chi connectivity index (χ2n) is 7.71. The molecule has 1 aromatic heterocycles. The van der Waals surface area contributed by atoms with Gasteiger partial charge >= 0.3 is 0 Å². The third kappa shape index (κ3) is 6.19. The summed E-state index contributed by atoms with van der Waals surface area (Å²) in [6.07, 6.45) is 0. The van der Waals surface area contributed by atoms with Crippen molar-refractivity contribution in [1.82, 2.24) is 14.8 Å². The van der Waals surface area contributed by atoms with Crippen molar-refractivity contribution in [2.45, 2.75) is 11.7 Å². The third-order valence-electron chi connectivity index (χ3n) is 5.32. The molecular weight excluding hydrogens is 518 g/mol. The van der Waals surface area contributed by atoms with Crippen molar-refractivity contribution in [3.05, 3.63) is 87.4 Å². The Morgan fingerprint density at radius 2 is 1.76 bits per heavy atom. The summed E-state index contributed by atoms with van der Waals surface area (Å²) in [5.41, 5.74) is 2.08. The molecule has 190 valence electrons. The number of benzene rings is 3. The molecule has 0 bridgehead atoms. The van der Waals surface area contributed by atoms with Crippen molar-refractivity contribution in [3.63, 3.8) is 0 Å². The van der Waals surface area contributed by atoms with Gasteiger partial charge in [-0.1, -0.05) is 53.7 Å². The lowest BCUT2D eigenvalue weighted by Gasteiger charge is -2.13. The third-order valence-corrected chi connectivity index (χ3v) is 6.58. The maximum absolute atomic E-state index is 12.8. The fraction of sp³-hybridized carbons (Fsp3) is 0.160. The van der Waals surface area contributed by atoms with Crippen LogP contribution in [0.2, 0.25) is 5.02 Å². The van der Waals surface area contributed by atoms with Crippen molar-refractivity contribution in [3.8, 4) is 22.9 Å². The molecule has 4 rings (SSSR count). The van der Waals surface area contributed by atoms with Gasteiger partial charge in [-0.15, -0.1) is 10.2 Å². The van der Waals surface area contributed by atoms with Gasteiger partial charge in [0.15, 0.2) is 11.0 Å². The van der Waals surface area contributed by atoms with Crippen LogP contribution in [0.3, 0.4) is 0 Å². The van der Waals surface area contributed by atoms with E-state index in [9.17, 15) is 14.9 Å². The van der Waals surface area contributed by atoms with Crippen molar-refractivity contribution in [1.29, 1.82) is 0 Å². The van der Waals surface area contributed by atoms with Crippen LogP contribution in [0.5, 0.6) is 11.5 Å². The minimum Gasteiger partial charge on any atom is -0.495 e. The Hall–Kier alpha value is -4.09. The summed E-state index contributed by atoms with van der Waals surface area (Å²) in [6, 6.07) is 19.0. The van der Waals surface area contributed by atoms with E-state index in [-0.39, 0.29) is 17.3 Å². The number of carbonyl (C=O) groups excluding carboxylic acids is 1. The molecule has 4 aromatic rings. The molecule has 0 aliphatic heterocycles. The van der Waals surface area contributed by atoms with Crippen LogP contribution in [-0.2, 0) is 11.3 Å². The number of nitrogens with one attached hydrogen (secondary N) is 1. The number of ether oxygens (including phenoxy) is 2. The molecule has 1 N–H and O–H groups in total. The molecule has 1 heterocycles. The van der Waals surface area contributed by atoms with Gasteiger partial charge in [0, 0.05) is 23.8 Å². The molecule has 0 fully saturated rings. The summed E-state index contributed by atoms with van der Waals surface area (Å²) in [6.45, 7) is 0.450. The Kier molecular flexibility index (Phi) is 8.26. The molecule has 0 atom stereocenters. The van der Waals surface area contributed by atoms with E-state index in [1.165, 1.54) is 38.1 Å². The fourth-order valence-corrected chi connectivity index (χ4v) is 4.50. The van der Waals surface area contributed by atoms with E-state index in [4.69, 9.17) is 21.1 Å². The Labute approximate surface area is 221 Å². The van der Waals surface area contributed by atoms with Crippen LogP contribution < -0.4 is 14.8 Å². The maximum atomic E-state index is 12.8. The number of hydrogen-bond donors (Lipinski definition) is 1. The highest BCUT2D eigenvalue weighted by Gasteiger charge is 2.18. The first-order valence-corrected chi connectivity index (χ1v) is 12.3. The predicted octanol–water partition coefficient (Wildman–Crippen LogP) is 5.30. The van der Waals surface area contributed by atoms with E-state index in [1.807, 2.05) is 34.9 Å². The quantitative estimate of drug-likeness (QED) is 0.164. The van der Waals surface area contributed by atoms with Gasteiger partial charge in [0.1, 0.15) is 11.5 Å². The summed E-state index contributed by atoms with van der Waals surface area (Å²) in [5, 5.41) is 23.3. The largest absolute Gasteiger partial charge is 0.495 e. The van der Waals surface area contributed by atoms with Gasteiger partial charge in [0.2, 0.25) is 5.91 Å². The lowest BCUT2D eigenvalue weighted by atomic mass is 10.2. The summed E-state index contributed by atoms with van der Waals surface area (Å²) >= 11 is 7.42. The zero-order chi connectivity index (χ0) is 26.4. The Balaban J connectivity index is 1.56. The molecule has 0 unspecified atom stereocenters. The molecule has 10 nitrogen and oxygen atoms in total. The standard InChI is InChI=1S/C25H22ClN5O5S/c1-35-21-13-22(36-2)20(12-19(21)26)27-23(32)15-37-25-29-28-24(17-8-10-18(11-9-17)31(33)34)30(25)14-16-6-4-3-5-7-16/h3-13H,14-15H2,1-2H3,(H,27,32). The van der Waals surface area contributed by atoms with Gasteiger partial charge in [-0.2, -0.15) is 0 Å². The number of carbonyl (C=O) groups is 1. The number of methoxy groups -OCH3 is 2. The van der Waals surface area contributed by atoms with Crippen LogP contribution in [-0.4, -0.2) is 45.6 Å². The van der Waals surface area contributed by atoms with Gasteiger partial charge in [-0.05, 0) is 23.8 Å². The molecule has 12 heteroatoms. The summed E-state index contributed by atoms with van der Waals surface area (Å²) in [7, 11) is 2.98. The van der Waals surface area contributed by atoms with Gasteiger partial charge in [0.25, 0.3) is 5.69 Å². The van der Waals surface area contributed by atoms with Crippen molar-refractivity contribution < 1.29 is 19.2 Å². The molecule has 3 aromatic carbocycles. The smallest absolute Gasteiger partial charge is 0.269 e. The second-order valence-corrected chi connectivity index (χ2v) is 9.06. The lowest BCUT2D eigenvalue weighted by molar-refractivity contribution is -0.384. The summed E-state index contributed by atoms with van der Waals surface area (Å²) in [4.78, 5) is 23.4. The van der Waals surface area contributed by atoms with Gasteiger partial charge in [-0.3, -0.25) is 19.5 Å². The van der Waals surface area contributed by atoms with E-state index in [2.05, 4.69) is 15.5 Å². The van der Waals surface area contributed by atoms with E-state index in [1.54, 1.807) is 24.3 Å². The van der Waals surface area contributed by atoms with Gasteiger partial charge in [-0.25, -0.2) is 0 Å². The van der Waals surface area contributed by atoms with Crippen LogP contribution in [0.25, 0.3) is 11.4 Å². The molecule has 0 aliphatic carbocycles. The zero-order valence-electron chi connectivity index (χ0n) is 19.9. The monoisotopic (exact) mass is 539 g/mol. The highest BCUT2D eigenvalue weighted by Crippen LogP contribution is 2.36. The molecule has 0 saturated heterocycles. The van der Waals surface area contributed by atoms with Gasteiger partial charge < -0.3 is 14.8 Å². The van der Waals surface area contributed by atoms with Crippen LogP contribution in [0.15, 0.2) is 71.9 Å². The zero-order valence-corrected chi connectivity index (χ0v) is 21.5. The number of nitro benzene ring substituents is 1. The number of amides is 1. The fourth-order valence-electron chi connectivity index (χ4n) is 3.52. The number of anilines is 1. The predicted molar refractivity (Wildman–Crippen MR) is 142 cm³/mol. The molecule has 0 radical (unpaired) electrons. The average molecular weight is 540 g/mol. The van der Waals surface area contributed by atoms with Crippen molar-refractivity contribution in [2.75, 3.05) is 25.3 Å². The minimum atomic E-state index is -0.455. The number of rotatable bonds is 10. The molecule has 1 amide bonds. The highest BCUT2D eigenvalue weighted by molar-refractivity contribution is 7.99. The molecular formula is C25H22ClN5O5S. The van der Waals surface area contributed by atoms with Crippen LogP contribution in [0.4, 0.5) is 11.4 Å². The summed E-state index contributed by atoms with van der Waals surface area (Å²) in [5.74, 6) is 1.12. The molecule has 0 saturated carbocycles. The molecule has 0 aliphatic rings. The van der Waals surface area contributed by atoms with E-state index in [0.717, 1.165) is 5.56 Å². The van der Waals surface area contributed by atoms with Crippen molar-refractivity contribution >= 4 is 40.6 Å². The summed E-state index contributed by atoms with van der Waals surface area (Å²) < 4.78 is 12.4. The number of nitrogens with zero attached hydrogens (tertiary/aromatic N) is 4. The molecule has 37 heavy (non-hydrogen) atoms. The number of aromatic nitrogens is 3. The SMILES string of the molecule is COc1cc(OC)c(NC(=O)CSc2nnc(-c3ccc([N+](=O)[O-])cc3)n2Cc2ccccc2)cc1Cl. The van der Waals surface area contributed by atoms with Gasteiger partial charge in [0.05, 0.1) is 42.2 Å². The maximum Gasteiger partial charge on any atom is 0.269 e. The van der Waals surface area contributed by atoms with Crippen LogP contribution >= 0.6 is 23.4 Å². The Morgan fingerprint density at radius 3 is 2.41 bits per heavy atom. The van der Waals surface area contributed by atoms with Crippen LogP contribution in [0.1, 0.15) is 5.56 Å². The van der Waals surface area contributed by atoms with E-state index >= 15 is 0 Å². The normalized spacial score (nSPS) is 10.7. The average Bonchev–Trinajstić information content (AvgIpc) is 3.30. The first-order valence-electron chi connectivity index (χ1n) is 11.0. The first-order chi connectivity index (χ1) is 17.9. The number of non-ortho nitro benzene ring substituents is 1. The minimum absolute atomic E-state index is 0.0155. The number of nitro groups is 1. The highest BCUT2D eigenvalue weighted by atomic mass is 35.5. The lowest BCUT2D eigenvalue weighted by Crippen LogP contribution is -2.15. The Bertz CT molecular complexity index is 1410. The topological polar surface area (TPSA) is 121 Å². The number of hydrogen-bond acceptors (Lipinski definition) is 8. The van der Waals surface area contributed by atoms with Crippen molar-refractivity contribution in [2.24, 2.45) is 0 Å². The van der Waals surface area contributed by atoms with E-state index < -0.39 is 4.92 Å². The second kappa shape index (κ2) is 11.8. The molecule has 0 spiro atoms. The number of thioether (sulfide) groups is 1. The Morgan fingerprint density at radius 1 is 1.05 bits per heavy atom. The first kappa shape index (κ1) is 26.0. The van der Waals surface area contributed by atoms with Crippen LogP contribution in [0, 0.1) is 10.1 Å². The van der Waals surface area contributed by atoms with E-state index in [0.29, 0.717) is 45.3 Å². The number of halogens is 1.